The molecule has 1 N–H and O–H groups in total. The van der Waals surface area contributed by atoms with Crippen molar-refractivity contribution in [1.29, 1.82) is 0 Å². The Morgan fingerprint density at radius 3 is 2.47 bits per heavy atom. The summed E-state index contributed by atoms with van der Waals surface area (Å²) in [6.45, 7) is 0.191. The molecule has 3 aromatic carbocycles. The summed E-state index contributed by atoms with van der Waals surface area (Å²) in [5, 5.41) is 22.5. The molecule has 0 aromatic heterocycles. The van der Waals surface area contributed by atoms with E-state index >= 15 is 0 Å². The van der Waals surface area contributed by atoms with Crippen molar-refractivity contribution in [3.8, 4) is 5.75 Å². The third kappa shape index (κ3) is 4.38. The molecule has 1 unspecified atom stereocenters. The van der Waals surface area contributed by atoms with E-state index < -0.39 is 22.7 Å². The van der Waals surface area contributed by atoms with Crippen LogP contribution in [0.2, 0.25) is 0 Å². The molecule has 1 saturated heterocycles. The minimum Gasteiger partial charge on any atom is -0.507 e. The van der Waals surface area contributed by atoms with Gasteiger partial charge in [-0.1, -0.05) is 54.6 Å². The minimum absolute atomic E-state index is 0.119. The van der Waals surface area contributed by atoms with Crippen LogP contribution in [0.15, 0.2) is 84.4 Å². The Labute approximate surface area is 195 Å². The van der Waals surface area contributed by atoms with Crippen LogP contribution < -0.4 is 4.74 Å². The highest BCUT2D eigenvalue weighted by atomic mass is 16.6. The van der Waals surface area contributed by atoms with Gasteiger partial charge in [-0.25, -0.2) is 0 Å². The number of carbonyl (C=O) groups is 2. The zero-order valence-electron chi connectivity index (χ0n) is 18.4. The fourth-order valence-corrected chi connectivity index (χ4v) is 4.09. The van der Waals surface area contributed by atoms with Crippen molar-refractivity contribution in [1.82, 2.24) is 4.90 Å². The number of non-ortho nitro benzene ring substituents is 1. The number of hydrogen-bond donors (Lipinski definition) is 1. The van der Waals surface area contributed by atoms with Crippen LogP contribution in [0, 0.1) is 10.1 Å². The van der Waals surface area contributed by atoms with Gasteiger partial charge in [-0.05, 0) is 29.7 Å². The lowest BCUT2D eigenvalue weighted by molar-refractivity contribution is -0.384. The first-order chi connectivity index (χ1) is 16.4. The predicted molar refractivity (Wildman–Crippen MR) is 125 cm³/mol. The molecule has 0 spiro atoms. The Hall–Kier alpha value is -4.46. The number of aliphatic hydroxyl groups excluding tert-OH is 1. The van der Waals surface area contributed by atoms with Gasteiger partial charge in [0, 0.05) is 24.2 Å². The normalized spacial score (nSPS) is 17.1. The van der Waals surface area contributed by atoms with E-state index in [1.807, 2.05) is 30.3 Å². The zero-order chi connectivity index (χ0) is 24.2. The molecule has 1 atom stereocenters. The summed E-state index contributed by atoms with van der Waals surface area (Å²) in [6, 6.07) is 20.7. The summed E-state index contributed by atoms with van der Waals surface area (Å²) in [6.07, 6.45) is 0.471. The Balaban J connectivity index is 1.83. The van der Waals surface area contributed by atoms with E-state index in [9.17, 15) is 24.8 Å². The van der Waals surface area contributed by atoms with E-state index in [-0.39, 0.29) is 23.6 Å². The number of nitrogens with zero attached hydrogens (tertiary/aromatic N) is 2. The summed E-state index contributed by atoms with van der Waals surface area (Å²) in [7, 11) is 1.48. The van der Waals surface area contributed by atoms with Gasteiger partial charge in [0.15, 0.2) is 0 Å². The van der Waals surface area contributed by atoms with Crippen molar-refractivity contribution in [2.45, 2.75) is 12.5 Å². The molecule has 8 heteroatoms. The number of aliphatic hydroxyl groups is 1. The molecule has 0 saturated carbocycles. The molecule has 3 aromatic rings. The van der Waals surface area contributed by atoms with E-state index in [4.69, 9.17) is 4.74 Å². The maximum Gasteiger partial charge on any atom is 0.295 e. The summed E-state index contributed by atoms with van der Waals surface area (Å²) in [5.41, 5.74) is 1.34. The number of ether oxygens (including phenoxy) is 1. The maximum absolute atomic E-state index is 13.1. The SMILES string of the molecule is COc1cccc(C(O)=C2C(=O)C(=O)N(CCc3ccccc3)C2c2cccc([N+](=O)[O-])c2)c1. The van der Waals surface area contributed by atoms with Crippen LogP contribution in [0.3, 0.4) is 0 Å². The molecule has 172 valence electrons. The standard InChI is InChI=1S/C26H22N2O6/c1-34-21-12-6-10-19(16-21)24(29)22-23(18-9-5-11-20(15-18)28(32)33)27(26(31)25(22)30)14-13-17-7-3-2-4-8-17/h2-12,15-16,23,29H,13-14H2,1H3. The minimum atomic E-state index is -0.977. The third-order valence-electron chi connectivity index (χ3n) is 5.76. The zero-order valence-corrected chi connectivity index (χ0v) is 18.4. The molecule has 0 aliphatic carbocycles. The van der Waals surface area contributed by atoms with Gasteiger partial charge in [-0.2, -0.15) is 0 Å². The van der Waals surface area contributed by atoms with Crippen LogP contribution in [-0.2, 0) is 16.0 Å². The van der Waals surface area contributed by atoms with Crippen molar-refractivity contribution >= 4 is 23.1 Å². The second-order valence-corrected chi connectivity index (χ2v) is 7.81. The van der Waals surface area contributed by atoms with Crippen LogP contribution in [0.5, 0.6) is 5.75 Å². The van der Waals surface area contributed by atoms with Gasteiger partial charge in [-0.15, -0.1) is 0 Å². The summed E-state index contributed by atoms with van der Waals surface area (Å²) in [5.74, 6) is -1.51. The lowest BCUT2D eigenvalue weighted by Gasteiger charge is -2.25. The lowest BCUT2D eigenvalue weighted by Crippen LogP contribution is -2.31. The summed E-state index contributed by atoms with van der Waals surface area (Å²) in [4.78, 5) is 38.4. The number of likely N-dealkylation sites (tertiary alicyclic amines) is 1. The van der Waals surface area contributed by atoms with Crippen LogP contribution in [0.25, 0.3) is 5.76 Å². The van der Waals surface area contributed by atoms with Gasteiger partial charge < -0.3 is 14.7 Å². The highest BCUT2D eigenvalue weighted by molar-refractivity contribution is 6.46. The molecular formula is C26H22N2O6. The summed E-state index contributed by atoms with van der Waals surface area (Å²) < 4.78 is 5.21. The van der Waals surface area contributed by atoms with Gasteiger partial charge in [0.1, 0.15) is 11.5 Å². The number of nitro groups is 1. The highest BCUT2D eigenvalue weighted by Crippen LogP contribution is 2.40. The predicted octanol–water partition coefficient (Wildman–Crippen LogP) is 4.27. The Bertz CT molecular complexity index is 1290. The van der Waals surface area contributed by atoms with Crippen LogP contribution in [0.1, 0.15) is 22.7 Å². The average molecular weight is 458 g/mol. The average Bonchev–Trinajstić information content (AvgIpc) is 3.12. The van der Waals surface area contributed by atoms with Gasteiger partial charge >= 0.3 is 0 Å². The monoisotopic (exact) mass is 458 g/mol. The number of ketones is 1. The van der Waals surface area contributed by atoms with E-state index in [0.717, 1.165) is 5.56 Å². The number of nitro benzene ring substituents is 1. The molecule has 1 aliphatic heterocycles. The molecule has 1 amide bonds. The number of carbonyl (C=O) groups excluding carboxylic acids is 2. The molecule has 0 bridgehead atoms. The quantitative estimate of drug-likeness (QED) is 0.186. The molecule has 34 heavy (non-hydrogen) atoms. The first kappa shape index (κ1) is 22.7. The second kappa shape index (κ2) is 9.58. The number of methoxy groups -OCH3 is 1. The van der Waals surface area contributed by atoms with E-state index in [1.54, 1.807) is 30.3 Å². The van der Waals surface area contributed by atoms with Crippen molar-refractivity contribution in [2.24, 2.45) is 0 Å². The molecule has 1 aliphatic rings. The summed E-state index contributed by atoms with van der Waals surface area (Å²) >= 11 is 0. The Morgan fingerprint density at radius 1 is 1.03 bits per heavy atom. The van der Waals surface area contributed by atoms with Crippen molar-refractivity contribution in [3.63, 3.8) is 0 Å². The Morgan fingerprint density at radius 2 is 1.76 bits per heavy atom. The number of amides is 1. The fourth-order valence-electron chi connectivity index (χ4n) is 4.09. The van der Waals surface area contributed by atoms with Crippen molar-refractivity contribution in [2.75, 3.05) is 13.7 Å². The van der Waals surface area contributed by atoms with Crippen molar-refractivity contribution < 1.29 is 24.4 Å². The molecule has 1 fully saturated rings. The molecular weight excluding hydrogens is 436 g/mol. The Kier molecular flexibility index (Phi) is 6.40. The van der Waals surface area contributed by atoms with Gasteiger partial charge in [0.25, 0.3) is 17.4 Å². The van der Waals surface area contributed by atoms with Crippen LogP contribution in [0.4, 0.5) is 5.69 Å². The fraction of sp³-hybridized carbons (Fsp3) is 0.154. The number of rotatable bonds is 7. The topological polar surface area (TPSA) is 110 Å². The van der Waals surface area contributed by atoms with E-state index in [2.05, 4.69) is 0 Å². The molecule has 1 heterocycles. The second-order valence-electron chi connectivity index (χ2n) is 7.81. The van der Waals surface area contributed by atoms with Gasteiger partial charge in [0.05, 0.1) is 23.6 Å². The lowest BCUT2D eigenvalue weighted by atomic mass is 9.94. The molecule has 4 rings (SSSR count). The van der Waals surface area contributed by atoms with Crippen LogP contribution >= 0.6 is 0 Å². The highest BCUT2D eigenvalue weighted by Gasteiger charge is 2.46. The van der Waals surface area contributed by atoms with Crippen LogP contribution in [-0.4, -0.2) is 40.3 Å². The number of Topliss-reactive ketones (excluding diaryl/α,β-unsaturated/α-hetero) is 1. The number of hydrogen-bond acceptors (Lipinski definition) is 6. The third-order valence-corrected chi connectivity index (χ3v) is 5.76. The smallest absolute Gasteiger partial charge is 0.295 e. The first-order valence-electron chi connectivity index (χ1n) is 10.6. The largest absolute Gasteiger partial charge is 0.507 e. The van der Waals surface area contributed by atoms with E-state index in [1.165, 1.54) is 30.2 Å². The van der Waals surface area contributed by atoms with Gasteiger partial charge in [-0.3, -0.25) is 19.7 Å². The van der Waals surface area contributed by atoms with E-state index in [0.29, 0.717) is 23.3 Å². The number of benzene rings is 3. The van der Waals surface area contributed by atoms with Gasteiger partial charge in [0.2, 0.25) is 0 Å². The first-order valence-corrected chi connectivity index (χ1v) is 10.6. The van der Waals surface area contributed by atoms with Crippen molar-refractivity contribution in [3.05, 3.63) is 111 Å². The maximum atomic E-state index is 13.1. The molecule has 8 nitrogen and oxygen atoms in total. The molecule has 0 radical (unpaired) electrons.